The van der Waals surface area contributed by atoms with Crippen molar-refractivity contribution in [3.8, 4) is 16.9 Å². The van der Waals surface area contributed by atoms with E-state index in [1.807, 2.05) is 64.1 Å². The summed E-state index contributed by atoms with van der Waals surface area (Å²) in [5.74, 6) is 0.159. The normalized spacial score (nSPS) is 16.9. The highest BCUT2D eigenvalue weighted by Gasteiger charge is 2.32. The number of carbonyl (C=O) groups is 1. The first kappa shape index (κ1) is 20.4. The number of aryl methyl sites for hydroxylation is 1. The van der Waals surface area contributed by atoms with Crippen LogP contribution in [0.15, 0.2) is 42.5 Å². The van der Waals surface area contributed by atoms with Crippen LogP contribution in [0.3, 0.4) is 0 Å². The quantitative estimate of drug-likeness (QED) is 0.608. The first-order valence-corrected chi connectivity index (χ1v) is 10.2. The summed E-state index contributed by atoms with van der Waals surface area (Å²) in [5.41, 5.74) is 4.41. The molecule has 4 rings (SSSR count). The van der Waals surface area contributed by atoms with E-state index in [0.29, 0.717) is 23.8 Å². The SMILES string of the molecule is Cc1nc2ccccc2c(-c2ccc3c(c2)C(C)CO3)c1[C@H](OC(C)(C)C)C(=O)O. The fourth-order valence-electron chi connectivity index (χ4n) is 4.09. The third-order valence-electron chi connectivity index (χ3n) is 5.40. The van der Waals surface area contributed by atoms with E-state index in [1.54, 1.807) is 0 Å². The summed E-state index contributed by atoms with van der Waals surface area (Å²) < 4.78 is 11.8. The average molecular weight is 405 g/mol. The van der Waals surface area contributed by atoms with Gasteiger partial charge in [0.15, 0.2) is 6.10 Å². The maximum Gasteiger partial charge on any atom is 0.337 e. The van der Waals surface area contributed by atoms with Crippen LogP contribution in [0.1, 0.15) is 56.5 Å². The molecule has 3 aromatic rings. The summed E-state index contributed by atoms with van der Waals surface area (Å²) in [6.07, 6.45) is -1.13. The molecule has 156 valence electrons. The molecule has 0 saturated carbocycles. The smallest absolute Gasteiger partial charge is 0.337 e. The number of ether oxygens (including phenoxy) is 2. The number of para-hydroxylation sites is 1. The van der Waals surface area contributed by atoms with Gasteiger partial charge in [0.05, 0.1) is 17.7 Å². The monoisotopic (exact) mass is 405 g/mol. The van der Waals surface area contributed by atoms with E-state index in [9.17, 15) is 9.90 Å². The number of hydrogen-bond acceptors (Lipinski definition) is 4. The van der Waals surface area contributed by atoms with Gasteiger partial charge >= 0.3 is 5.97 Å². The minimum atomic E-state index is -1.13. The number of benzene rings is 2. The second-order valence-corrected chi connectivity index (χ2v) is 8.92. The summed E-state index contributed by atoms with van der Waals surface area (Å²) in [4.78, 5) is 17.0. The zero-order valence-electron chi connectivity index (χ0n) is 18.0. The summed E-state index contributed by atoms with van der Waals surface area (Å²) in [6, 6.07) is 13.9. The Morgan fingerprint density at radius 3 is 2.67 bits per heavy atom. The molecule has 1 aliphatic rings. The fourth-order valence-corrected chi connectivity index (χ4v) is 4.09. The summed E-state index contributed by atoms with van der Waals surface area (Å²) in [7, 11) is 0. The van der Waals surface area contributed by atoms with Gasteiger partial charge in [-0.25, -0.2) is 4.79 Å². The molecule has 1 aliphatic heterocycles. The molecule has 5 heteroatoms. The summed E-state index contributed by atoms with van der Waals surface area (Å²) in [5, 5.41) is 11.0. The van der Waals surface area contributed by atoms with Gasteiger partial charge in [-0.2, -0.15) is 0 Å². The van der Waals surface area contributed by atoms with E-state index in [2.05, 4.69) is 13.0 Å². The highest BCUT2D eigenvalue weighted by Crippen LogP contribution is 2.42. The number of carboxylic acids is 1. The van der Waals surface area contributed by atoms with Crippen molar-refractivity contribution in [3.05, 3.63) is 59.3 Å². The van der Waals surface area contributed by atoms with E-state index in [-0.39, 0.29) is 0 Å². The Balaban J connectivity index is 2.03. The van der Waals surface area contributed by atoms with Crippen LogP contribution in [-0.4, -0.2) is 28.3 Å². The molecule has 1 aromatic heterocycles. The largest absolute Gasteiger partial charge is 0.493 e. The van der Waals surface area contributed by atoms with Crippen molar-refractivity contribution in [1.82, 2.24) is 4.98 Å². The lowest BCUT2D eigenvalue weighted by atomic mass is 9.89. The molecule has 0 bridgehead atoms. The predicted octanol–water partition coefficient (Wildman–Crippen LogP) is 5.65. The Kier molecular flexibility index (Phi) is 5.02. The zero-order chi connectivity index (χ0) is 21.6. The number of fused-ring (bicyclic) bond motifs is 2. The highest BCUT2D eigenvalue weighted by atomic mass is 16.5. The summed E-state index contributed by atoms with van der Waals surface area (Å²) in [6.45, 7) is 10.2. The fraction of sp³-hybridized carbons (Fsp3) is 0.360. The van der Waals surface area contributed by atoms with Gasteiger partial charge in [0.2, 0.25) is 0 Å². The molecule has 0 aliphatic carbocycles. The lowest BCUT2D eigenvalue weighted by molar-refractivity contribution is -0.160. The Hall–Kier alpha value is -2.92. The Labute approximate surface area is 176 Å². The number of aliphatic carboxylic acids is 1. The molecule has 0 saturated heterocycles. The van der Waals surface area contributed by atoms with Crippen molar-refractivity contribution < 1.29 is 19.4 Å². The second kappa shape index (κ2) is 7.40. The van der Waals surface area contributed by atoms with Gasteiger partial charge in [0, 0.05) is 28.1 Å². The van der Waals surface area contributed by atoms with Crippen molar-refractivity contribution in [1.29, 1.82) is 0 Å². The molecule has 0 radical (unpaired) electrons. The Morgan fingerprint density at radius 2 is 1.97 bits per heavy atom. The molecule has 2 atom stereocenters. The molecule has 0 amide bonds. The molecule has 5 nitrogen and oxygen atoms in total. The lowest BCUT2D eigenvalue weighted by Crippen LogP contribution is -2.28. The van der Waals surface area contributed by atoms with Crippen LogP contribution in [0, 0.1) is 6.92 Å². The maximum atomic E-state index is 12.3. The van der Waals surface area contributed by atoms with Crippen molar-refractivity contribution in [2.45, 2.75) is 52.2 Å². The van der Waals surface area contributed by atoms with Crippen molar-refractivity contribution in [2.75, 3.05) is 6.61 Å². The van der Waals surface area contributed by atoms with Gasteiger partial charge in [0.1, 0.15) is 5.75 Å². The minimum absolute atomic E-state index is 0.290. The van der Waals surface area contributed by atoms with E-state index in [4.69, 9.17) is 14.5 Å². The maximum absolute atomic E-state index is 12.3. The van der Waals surface area contributed by atoms with Crippen LogP contribution in [0.5, 0.6) is 5.75 Å². The predicted molar refractivity (Wildman–Crippen MR) is 117 cm³/mol. The molecular formula is C25H27NO4. The Bertz CT molecular complexity index is 1130. The number of aromatic nitrogens is 1. The van der Waals surface area contributed by atoms with Crippen LogP contribution < -0.4 is 4.74 Å². The zero-order valence-corrected chi connectivity index (χ0v) is 18.0. The van der Waals surface area contributed by atoms with Crippen molar-refractivity contribution >= 4 is 16.9 Å². The van der Waals surface area contributed by atoms with Crippen LogP contribution in [0.2, 0.25) is 0 Å². The number of carboxylic acid groups (broad SMARTS) is 1. The van der Waals surface area contributed by atoms with Gasteiger partial charge in [-0.3, -0.25) is 4.98 Å². The lowest BCUT2D eigenvalue weighted by Gasteiger charge is -2.28. The first-order valence-electron chi connectivity index (χ1n) is 10.2. The van der Waals surface area contributed by atoms with E-state index in [1.165, 1.54) is 0 Å². The third kappa shape index (κ3) is 3.65. The molecule has 2 heterocycles. The van der Waals surface area contributed by atoms with Gasteiger partial charge in [0.25, 0.3) is 0 Å². The van der Waals surface area contributed by atoms with Crippen LogP contribution in [-0.2, 0) is 9.53 Å². The third-order valence-corrected chi connectivity index (χ3v) is 5.40. The molecule has 30 heavy (non-hydrogen) atoms. The van der Waals surface area contributed by atoms with Gasteiger partial charge < -0.3 is 14.6 Å². The second-order valence-electron chi connectivity index (χ2n) is 8.92. The standard InChI is InChI=1S/C25H27NO4/c1-14-13-29-20-11-10-16(12-18(14)20)22-17-8-6-7-9-19(17)26-15(2)21(22)23(24(27)28)30-25(3,4)5/h6-12,14,23H,13H2,1-5H3,(H,27,28)/t14?,23-/m0/s1. The number of hydrogen-bond donors (Lipinski definition) is 1. The molecule has 1 N–H and O–H groups in total. The molecule has 2 aromatic carbocycles. The average Bonchev–Trinajstić information content (AvgIpc) is 3.05. The van der Waals surface area contributed by atoms with Crippen LogP contribution >= 0.6 is 0 Å². The van der Waals surface area contributed by atoms with Crippen LogP contribution in [0.4, 0.5) is 0 Å². The molecule has 0 spiro atoms. The minimum Gasteiger partial charge on any atom is -0.493 e. The van der Waals surface area contributed by atoms with Crippen molar-refractivity contribution in [2.24, 2.45) is 0 Å². The molecular weight excluding hydrogens is 378 g/mol. The van der Waals surface area contributed by atoms with Gasteiger partial charge in [-0.1, -0.05) is 31.2 Å². The number of nitrogens with zero attached hydrogens (tertiary/aromatic N) is 1. The highest BCUT2D eigenvalue weighted by molar-refractivity contribution is 5.98. The Morgan fingerprint density at radius 1 is 1.23 bits per heavy atom. The molecule has 1 unspecified atom stereocenters. The first-order chi connectivity index (χ1) is 14.2. The van der Waals surface area contributed by atoms with Crippen LogP contribution in [0.25, 0.3) is 22.0 Å². The van der Waals surface area contributed by atoms with Crippen molar-refractivity contribution in [3.63, 3.8) is 0 Å². The molecule has 0 fully saturated rings. The summed E-state index contributed by atoms with van der Waals surface area (Å²) >= 11 is 0. The number of pyridine rings is 1. The topological polar surface area (TPSA) is 68.7 Å². The van der Waals surface area contributed by atoms with Gasteiger partial charge in [-0.05, 0) is 57.0 Å². The number of rotatable bonds is 4. The van der Waals surface area contributed by atoms with E-state index < -0.39 is 17.7 Å². The van der Waals surface area contributed by atoms with Gasteiger partial charge in [-0.15, -0.1) is 0 Å². The van der Waals surface area contributed by atoms with E-state index in [0.717, 1.165) is 33.3 Å². The van der Waals surface area contributed by atoms with E-state index >= 15 is 0 Å².